The van der Waals surface area contributed by atoms with Crippen LogP contribution >= 0.6 is 23.1 Å². The Balaban J connectivity index is 1.80. The van der Waals surface area contributed by atoms with Crippen molar-refractivity contribution in [3.8, 4) is 10.8 Å². The van der Waals surface area contributed by atoms with Crippen molar-refractivity contribution in [1.82, 2.24) is 10.1 Å². The summed E-state index contributed by atoms with van der Waals surface area (Å²) >= 11 is 3.77. The van der Waals surface area contributed by atoms with Crippen LogP contribution in [-0.4, -0.2) is 21.9 Å². The van der Waals surface area contributed by atoms with Gasteiger partial charge in [-0.05, 0) is 30.2 Å². The zero-order valence-electron chi connectivity index (χ0n) is 10.9. The average Bonchev–Trinajstić information content (AvgIpc) is 3.04. The highest BCUT2D eigenvalue weighted by molar-refractivity contribution is 7.98. The number of hydrogen-bond donors (Lipinski definition) is 1. The zero-order chi connectivity index (χ0) is 13.2. The maximum absolute atomic E-state index is 5.91. The first-order chi connectivity index (χ1) is 9.26. The molecule has 1 unspecified atom stereocenters. The van der Waals surface area contributed by atoms with Gasteiger partial charge in [0, 0.05) is 23.1 Å². The highest BCUT2D eigenvalue weighted by Gasteiger charge is 2.18. The molecule has 2 aromatic rings. The molecular weight excluding hydrogens is 278 g/mol. The molecule has 0 saturated heterocycles. The van der Waals surface area contributed by atoms with Crippen LogP contribution in [0.15, 0.2) is 10.6 Å². The molecular formula is C13H17N3OS2. The number of nitrogens with zero attached hydrogens (tertiary/aromatic N) is 2. The van der Waals surface area contributed by atoms with E-state index >= 15 is 0 Å². The predicted molar refractivity (Wildman–Crippen MR) is 79.4 cm³/mol. The van der Waals surface area contributed by atoms with Gasteiger partial charge in [0.2, 0.25) is 0 Å². The van der Waals surface area contributed by atoms with E-state index in [2.05, 4.69) is 23.1 Å². The Morgan fingerprint density at radius 3 is 3.21 bits per heavy atom. The van der Waals surface area contributed by atoms with E-state index in [9.17, 15) is 0 Å². The minimum absolute atomic E-state index is 0.110. The van der Waals surface area contributed by atoms with Crippen molar-refractivity contribution in [3.05, 3.63) is 22.3 Å². The van der Waals surface area contributed by atoms with Crippen LogP contribution < -0.4 is 5.73 Å². The van der Waals surface area contributed by atoms with Gasteiger partial charge in [0.25, 0.3) is 5.89 Å². The number of aryl methyl sites for hydroxylation is 1. The first kappa shape index (κ1) is 13.1. The monoisotopic (exact) mass is 295 g/mol. The average molecular weight is 295 g/mol. The largest absolute Gasteiger partial charge is 0.333 e. The van der Waals surface area contributed by atoms with Crippen LogP contribution in [0.5, 0.6) is 0 Å². The number of aromatic nitrogens is 2. The summed E-state index contributed by atoms with van der Waals surface area (Å²) in [6, 6.07) is 2.31. The van der Waals surface area contributed by atoms with Gasteiger partial charge in [-0.2, -0.15) is 16.7 Å². The fraction of sp³-hybridized carbons (Fsp3) is 0.538. The Hall–Kier alpha value is -0.850. The maximum atomic E-state index is 5.91. The molecule has 4 nitrogen and oxygen atoms in total. The van der Waals surface area contributed by atoms with Gasteiger partial charge in [0.05, 0.1) is 4.88 Å². The van der Waals surface area contributed by atoms with Crippen LogP contribution in [0.3, 0.4) is 0 Å². The van der Waals surface area contributed by atoms with Crippen LogP contribution in [0.1, 0.15) is 29.6 Å². The molecule has 3 rings (SSSR count). The Morgan fingerprint density at radius 2 is 2.42 bits per heavy atom. The molecule has 0 spiro atoms. The predicted octanol–water partition coefficient (Wildman–Crippen LogP) is 2.87. The van der Waals surface area contributed by atoms with Crippen LogP contribution in [0.4, 0.5) is 0 Å². The van der Waals surface area contributed by atoms with Crippen LogP contribution in [-0.2, 0) is 18.6 Å². The van der Waals surface area contributed by atoms with Gasteiger partial charge in [0.15, 0.2) is 5.82 Å². The summed E-state index contributed by atoms with van der Waals surface area (Å²) in [6.45, 7) is 2.07. The zero-order valence-corrected chi connectivity index (χ0v) is 12.5. The fourth-order valence-corrected chi connectivity index (χ4v) is 4.36. The molecule has 0 aromatic carbocycles. The number of hydrogen-bond acceptors (Lipinski definition) is 6. The van der Waals surface area contributed by atoms with E-state index in [4.69, 9.17) is 10.3 Å². The second-order valence-electron chi connectivity index (χ2n) is 4.75. The van der Waals surface area contributed by atoms with E-state index in [0.29, 0.717) is 18.1 Å². The van der Waals surface area contributed by atoms with Gasteiger partial charge in [-0.3, -0.25) is 0 Å². The second kappa shape index (κ2) is 5.64. The number of fused-ring (bicyclic) bond motifs is 1. The Kier molecular flexibility index (Phi) is 3.91. The Morgan fingerprint density at radius 1 is 1.53 bits per heavy atom. The fourth-order valence-electron chi connectivity index (χ4n) is 2.07. The molecule has 3 heterocycles. The molecule has 102 valence electrons. The number of thiophene rings is 1. The molecule has 0 fully saturated rings. The first-order valence-electron chi connectivity index (χ1n) is 6.54. The van der Waals surface area contributed by atoms with Gasteiger partial charge in [-0.15, -0.1) is 11.3 Å². The molecule has 19 heavy (non-hydrogen) atoms. The van der Waals surface area contributed by atoms with E-state index in [-0.39, 0.29) is 6.04 Å². The van der Waals surface area contributed by atoms with Crippen molar-refractivity contribution in [2.75, 3.05) is 5.75 Å². The quantitative estimate of drug-likeness (QED) is 0.939. The molecule has 2 aromatic heterocycles. The normalized spacial score (nSPS) is 16.3. The van der Waals surface area contributed by atoms with Crippen molar-refractivity contribution in [3.63, 3.8) is 0 Å². The summed E-state index contributed by atoms with van der Waals surface area (Å²) in [6.07, 6.45) is 2.77. The van der Waals surface area contributed by atoms with Crippen LogP contribution in [0.25, 0.3) is 10.8 Å². The number of nitrogens with two attached hydrogens (primary N) is 1. The minimum atomic E-state index is 0.110. The molecule has 0 aliphatic carbocycles. The molecule has 0 saturated carbocycles. The van der Waals surface area contributed by atoms with Crippen LogP contribution in [0, 0.1) is 0 Å². The van der Waals surface area contributed by atoms with Gasteiger partial charge in [-0.25, -0.2) is 0 Å². The standard InChI is InChI=1S/C13H17N3OS2/c1-2-9(14)6-12-15-13(17-16-12)11-5-8-7-18-4-3-10(8)19-11/h5,9H,2-4,6-7,14H2,1H3. The van der Waals surface area contributed by atoms with E-state index in [0.717, 1.165) is 23.5 Å². The first-order valence-corrected chi connectivity index (χ1v) is 8.51. The van der Waals surface area contributed by atoms with Crippen molar-refractivity contribution in [2.45, 2.75) is 38.0 Å². The van der Waals surface area contributed by atoms with Crippen molar-refractivity contribution >= 4 is 23.1 Å². The summed E-state index contributed by atoms with van der Waals surface area (Å²) in [7, 11) is 0. The van der Waals surface area contributed by atoms with Crippen molar-refractivity contribution < 1.29 is 4.52 Å². The summed E-state index contributed by atoms with van der Waals surface area (Å²) < 4.78 is 5.36. The third kappa shape index (κ3) is 2.85. The lowest BCUT2D eigenvalue weighted by atomic mass is 10.2. The lowest BCUT2D eigenvalue weighted by molar-refractivity contribution is 0.420. The SMILES string of the molecule is CCC(N)Cc1noc(-c2cc3c(s2)CCSC3)n1. The molecule has 1 aliphatic heterocycles. The molecule has 0 amide bonds. The maximum Gasteiger partial charge on any atom is 0.268 e. The molecule has 2 N–H and O–H groups in total. The second-order valence-corrected chi connectivity index (χ2v) is 6.99. The van der Waals surface area contributed by atoms with E-state index < -0.39 is 0 Å². The van der Waals surface area contributed by atoms with Gasteiger partial charge < -0.3 is 10.3 Å². The minimum Gasteiger partial charge on any atom is -0.333 e. The third-order valence-corrected chi connectivity index (χ3v) is 5.51. The summed E-state index contributed by atoms with van der Waals surface area (Å²) in [4.78, 5) is 7.02. The van der Waals surface area contributed by atoms with E-state index in [1.54, 1.807) is 11.3 Å². The third-order valence-electron chi connectivity index (χ3n) is 3.28. The van der Waals surface area contributed by atoms with Gasteiger partial charge in [-0.1, -0.05) is 12.1 Å². The lowest BCUT2D eigenvalue weighted by Crippen LogP contribution is -2.21. The molecule has 1 atom stereocenters. The number of rotatable bonds is 4. The highest BCUT2D eigenvalue weighted by Crippen LogP contribution is 2.36. The lowest BCUT2D eigenvalue weighted by Gasteiger charge is -2.08. The Labute approximate surface area is 120 Å². The number of thioether (sulfide) groups is 1. The molecule has 0 radical (unpaired) electrons. The smallest absolute Gasteiger partial charge is 0.268 e. The van der Waals surface area contributed by atoms with Gasteiger partial charge in [0.1, 0.15) is 0 Å². The highest BCUT2D eigenvalue weighted by atomic mass is 32.2. The molecule has 0 bridgehead atoms. The van der Waals surface area contributed by atoms with E-state index in [1.165, 1.54) is 16.2 Å². The summed E-state index contributed by atoms with van der Waals surface area (Å²) in [5, 5.41) is 4.02. The van der Waals surface area contributed by atoms with Gasteiger partial charge >= 0.3 is 0 Å². The summed E-state index contributed by atoms with van der Waals surface area (Å²) in [5.74, 6) is 3.67. The van der Waals surface area contributed by atoms with Crippen LogP contribution in [0.2, 0.25) is 0 Å². The Bertz CT molecular complexity index is 540. The topological polar surface area (TPSA) is 64.9 Å². The van der Waals surface area contributed by atoms with E-state index in [1.807, 2.05) is 11.8 Å². The summed E-state index contributed by atoms with van der Waals surface area (Å²) in [5.41, 5.74) is 7.34. The molecule has 6 heteroatoms. The van der Waals surface area contributed by atoms with Crippen molar-refractivity contribution in [2.24, 2.45) is 5.73 Å². The molecule has 1 aliphatic rings. The van der Waals surface area contributed by atoms with Crippen molar-refractivity contribution in [1.29, 1.82) is 0 Å².